The minimum atomic E-state index is -0.822. The number of hydrogen-bond donors (Lipinski definition) is 1. The van der Waals surface area contributed by atoms with Crippen molar-refractivity contribution in [2.24, 2.45) is 0 Å². The van der Waals surface area contributed by atoms with Crippen LogP contribution in [0, 0.1) is 0 Å². The molecule has 104 valence electrons. The van der Waals surface area contributed by atoms with Gasteiger partial charge in [-0.2, -0.15) is 0 Å². The van der Waals surface area contributed by atoms with E-state index in [1.807, 2.05) is 13.0 Å². The topological polar surface area (TPSA) is 59.0 Å². The molecule has 1 aromatic rings. The Balaban J connectivity index is 2.15. The van der Waals surface area contributed by atoms with Gasteiger partial charge in [-0.3, -0.25) is 9.69 Å². The third-order valence-electron chi connectivity index (χ3n) is 3.12. The van der Waals surface area contributed by atoms with Crippen LogP contribution in [0.5, 0.6) is 11.5 Å². The number of ether oxygens (including phenoxy) is 2. The summed E-state index contributed by atoms with van der Waals surface area (Å²) in [6.07, 6.45) is 0.546. The van der Waals surface area contributed by atoms with E-state index < -0.39 is 12.0 Å². The summed E-state index contributed by atoms with van der Waals surface area (Å²) in [6, 6.07) is 3.10. The lowest BCUT2D eigenvalue weighted by Crippen LogP contribution is -2.37. The summed E-state index contributed by atoms with van der Waals surface area (Å²) in [5.41, 5.74) is 0.899. The molecule has 0 aromatic heterocycles. The molecule has 6 heteroatoms. The van der Waals surface area contributed by atoms with E-state index in [1.165, 1.54) is 0 Å². The molecular formula is C13H16ClNO4. The molecule has 0 bridgehead atoms. The van der Waals surface area contributed by atoms with Crippen LogP contribution in [0.15, 0.2) is 12.1 Å². The first-order valence-corrected chi connectivity index (χ1v) is 6.41. The Morgan fingerprint density at radius 3 is 2.89 bits per heavy atom. The maximum absolute atomic E-state index is 11.1. The van der Waals surface area contributed by atoms with Crippen LogP contribution in [-0.4, -0.2) is 35.9 Å². The number of carboxylic acids is 1. The van der Waals surface area contributed by atoms with Gasteiger partial charge in [-0.25, -0.2) is 0 Å². The summed E-state index contributed by atoms with van der Waals surface area (Å²) in [7, 11) is 1.78. The molecule has 5 nitrogen and oxygen atoms in total. The molecule has 1 unspecified atom stereocenters. The van der Waals surface area contributed by atoms with Crippen molar-refractivity contribution >= 4 is 17.6 Å². The molecule has 0 amide bonds. The van der Waals surface area contributed by atoms with Crippen LogP contribution in [0.1, 0.15) is 18.9 Å². The zero-order valence-corrected chi connectivity index (χ0v) is 11.6. The first-order valence-electron chi connectivity index (χ1n) is 6.04. The molecule has 1 aromatic carbocycles. The van der Waals surface area contributed by atoms with Gasteiger partial charge >= 0.3 is 5.97 Å². The van der Waals surface area contributed by atoms with Crippen molar-refractivity contribution in [2.75, 3.05) is 13.8 Å². The van der Waals surface area contributed by atoms with Crippen molar-refractivity contribution in [1.82, 2.24) is 4.90 Å². The highest BCUT2D eigenvalue weighted by molar-refractivity contribution is 6.32. The number of fused-ring (bicyclic) bond motifs is 1. The second-order valence-corrected chi connectivity index (χ2v) is 4.90. The van der Waals surface area contributed by atoms with Crippen molar-refractivity contribution < 1.29 is 19.4 Å². The van der Waals surface area contributed by atoms with Gasteiger partial charge in [0, 0.05) is 6.54 Å². The van der Waals surface area contributed by atoms with E-state index in [4.69, 9.17) is 26.2 Å². The summed E-state index contributed by atoms with van der Waals surface area (Å²) in [6.45, 7) is 2.50. The normalized spacial score (nSPS) is 14.7. The van der Waals surface area contributed by atoms with Gasteiger partial charge in [-0.05, 0) is 31.2 Å². The number of aliphatic carboxylic acids is 1. The molecule has 0 saturated carbocycles. The van der Waals surface area contributed by atoms with Crippen molar-refractivity contribution in [3.63, 3.8) is 0 Å². The lowest BCUT2D eigenvalue weighted by atomic mass is 10.1. The molecule has 19 heavy (non-hydrogen) atoms. The molecule has 1 N–H and O–H groups in total. The van der Waals surface area contributed by atoms with E-state index in [9.17, 15) is 4.79 Å². The Labute approximate surface area is 116 Å². The largest absolute Gasteiger partial charge is 0.480 e. The van der Waals surface area contributed by atoms with Crippen LogP contribution >= 0.6 is 11.6 Å². The van der Waals surface area contributed by atoms with Crippen LogP contribution in [-0.2, 0) is 11.3 Å². The number of carboxylic acid groups (broad SMARTS) is 1. The van der Waals surface area contributed by atoms with Crippen LogP contribution in [0.25, 0.3) is 0 Å². The van der Waals surface area contributed by atoms with E-state index in [2.05, 4.69) is 0 Å². The van der Waals surface area contributed by atoms with Gasteiger partial charge in [0.1, 0.15) is 6.04 Å². The molecule has 0 spiro atoms. The number of halogens is 1. The molecule has 0 aliphatic carbocycles. The van der Waals surface area contributed by atoms with Gasteiger partial charge in [0.25, 0.3) is 0 Å². The summed E-state index contributed by atoms with van der Waals surface area (Å²) < 4.78 is 10.5. The fraction of sp³-hybridized carbons (Fsp3) is 0.462. The monoisotopic (exact) mass is 285 g/mol. The van der Waals surface area contributed by atoms with E-state index >= 15 is 0 Å². The number of benzene rings is 1. The smallest absolute Gasteiger partial charge is 0.320 e. The summed E-state index contributed by atoms with van der Waals surface area (Å²) >= 11 is 6.09. The number of hydrogen-bond acceptors (Lipinski definition) is 4. The summed E-state index contributed by atoms with van der Waals surface area (Å²) in [5.74, 6) is 0.342. The van der Waals surface area contributed by atoms with Crippen LogP contribution in [0.2, 0.25) is 5.02 Å². The van der Waals surface area contributed by atoms with E-state index in [0.29, 0.717) is 29.5 Å². The van der Waals surface area contributed by atoms with Gasteiger partial charge in [-0.1, -0.05) is 18.5 Å². The van der Waals surface area contributed by atoms with Crippen molar-refractivity contribution in [3.05, 3.63) is 22.7 Å². The standard InChI is InChI=1S/C13H16ClNO4/c1-3-10(13(16)17)15(2)6-8-4-9(14)12-11(5-8)18-7-19-12/h4-5,10H,3,6-7H2,1-2H3,(H,16,17). The highest BCUT2D eigenvalue weighted by atomic mass is 35.5. The van der Waals surface area contributed by atoms with Gasteiger partial charge in [-0.15, -0.1) is 0 Å². The Bertz CT molecular complexity index is 492. The van der Waals surface area contributed by atoms with Crippen LogP contribution in [0.3, 0.4) is 0 Å². The van der Waals surface area contributed by atoms with Gasteiger partial charge < -0.3 is 14.6 Å². The second-order valence-electron chi connectivity index (χ2n) is 4.49. The first kappa shape index (κ1) is 14.0. The number of likely N-dealkylation sites (N-methyl/N-ethyl adjacent to an activating group) is 1. The average molecular weight is 286 g/mol. The van der Waals surface area contributed by atoms with Gasteiger partial charge in [0.05, 0.1) is 5.02 Å². The molecule has 0 saturated heterocycles. The lowest BCUT2D eigenvalue weighted by Gasteiger charge is -2.23. The third kappa shape index (κ3) is 2.93. The van der Waals surface area contributed by atoms with Crippen molar-refractivity contribution in [2.45, 2.75) is 25.9 Å². The molecule has 1 aliphatic rings. The van der Waals surface area contributed by atoms with Gasteiger partial charge in [0.15, 0.2) is 11.5 Å². The second kappa shape index (κ2) is 5.67. The predicted octanol–water partition coefficient (Wildman–Crippen LogP) is 2.36. The predicted molar refractivity (Wildman–Crippen MR) is 70.8 cm³/mol. The van der Waals surface area contributed by atoms with E-state index in [0.717, 1.165) is 5.56 Å². The molecular weight excluding hydrogens is 270 g/mol. The molecule has 1 aliphatic heterocycles. The minimum Gasteiger partial charge on any atom is -0.480 e. The zero-order chi connectivity index (χ0) is 14.0. The minimum absolute atomic E-state index is 0.168. The van der Waals surface area contributed by atoms with Crippen LogP contribution in [0.4, 0.5) is 0 Å². The number of carbonyl (C=O) groups is 1. The van der Waals surface area contributed by atoms with Crippen molar-refractivity contribution in [1.29, 1.82) is 0 Å². The Hall–Kier alpha value is -1.46. The summed E-state index contributed by atoms with van der Waals surface area (Å²) in [5, 5.41) is 9.61. The Kier molecular flexibility index (Phi) is 4.17. The Morgan fingerprint density at radius 1 is 1.53 bits per heavy atom. The lowest BCUT2D eigenvalue weighted by molar-refractivity contribution is -0.143. The van der Waals surface area contributed by atoms with Crippen molar-refractivity contribution in [3.8, 4) is 11.5 Å². The zero-order valence-electron chi connectivity index (χ0n) is 10.9. The molecule has 0 fully saturated rings. The molecule has 1 heterocycles. The average Bonchev–Trinajstić information content (AvgIpc) is 2.77. The number of rotatable bonds is 5. The first-order chi connectivity index (χ1) is 9.02. The number of nitrogens with zero attached hydrogens (tertiary/aromatic N) is 1. The van der Waals surface area contributed by atoms with Crippen LogP contribution < -0.4 is 9.47 Å². The molecule has 0 radical (unpaired) electrons. The highest BCUT2D eigenvalue weighted by Gasteiger charge is 2.23. The van der Waals surface area contributed by atoms with E-state index in [1.54, 1.807) is 18.0 Å². The summed E-state index contributed by atoms with van der Waals surface area (Å²) in [4.78, 5) is 12.9. The fourth-order valence-electron chi connectivity index (χ4n) is 2.19. The third-order valence-corrected chi connectivity index (χ3v) is 3.40. The SMILES string of the molecule is CCC(C(=O)O)N(C)Cc1cc(Cl)c2c(c1)OCO2. The maximum Gasteiger partial charge on any atom is 0.320 e. The molecule has 2 rings (SSSR count). The maximum atomic E-state index is 11.1. The fourth-order valence-corrected chi connectivity index (χ4v) is 2.47. The van der Waals surface area contributed by atoms with Gasteiger partial charge in [0.2, 0.25) is 6.79 Å². The van der Waals surface area contributed by atoms with E-state index in [-0.39, 0.29) is 6.79 Å². The quantitative estimate of drug-likeness (QED) is 0.900. The Morgan fingerprint density at radius 2 is 2.26 bits per heavy atom. The highest BCUT2D eigenvalue weighted by Crippen LogP contribution is 2.40. The molecule has 1 atom stereocenters.